The van der Waals surface area contributed by atoms with Crippen molar-refractivity contribution in [3.63, 3.8) is 0 Å². The first-order valence-electron chi connectivity index (χ1n) is 11.7. The normalized spacial score (nSPS) is 15.4. The number of hydrogen-bond acceptors (Lipinski definition) is 4. The Kier molecular flexibility index (Phi) is 6.72. The largest absolute Gasteiger partial charge is 0.361 e. The molecule has 180 valence electrons. The number of hydroxylamine groups is 1. The minimum atomic E-state index is -0.537. The van der Waals surface area contributed by atoms with E-state index in [9.17, 15) is 4.79 Å². The highest BCUT2D eigenvalue weighted by molar-refractivity contribution is 6.31. The van der Waals surface area contributed by atoms with E-state index in [1.165, 1.54) is 33.7 Å². The summed E-state index contributed by atoms with van der Waals surface area (Å²) in [5, 5.41) is 17.9. The first-order chi connectivity index (χ1) is 17.0. The van der Waals surface area contributed by atoms with Crippen LogP contribution in [0.15, 0.2) is 54.9 Å². The number of benzene rings is 2. The zero-order valence-corrected chi connectivity index (χ0v) is 20.3. The van der Waals surface area contributed by atoms with Crippen LogP contribution in [0.5, 0.6) is 0 Å². The summed E-state index contributed by atoms with van der Waals surface area (Å²) in [5.74, 6) is -0.537. The maximum absolute atomic E-state index is 11.3. The number of nitrogens with one attached hydrogen (secondary N) is 3. The fourth-order valence-electron chi connectivity index (χ4n) is 5.04. The standard InChI is InChI=1S/C27H28ClN5O2/c1-17-21(15-30-31-17)16-33(11-10-20-14-29-25-13-22(28)5-7-23(20)25)26-8-4-19-12-18(2-6-24(19)26)3-9-27(34)32-35/h2-3,5-7,9,12-15,26,29,35H,4,8,10-11,16H2,1H3,(H,30,31)(H,32,34). The zero-order valence-electron chi connectivity index (χ0n) is 19.5. The van der Waals surface area contributed by atoms with Crippen molar-refractivity contribution in [2.24, 2.45) is 0 Å². The van der Waals surface area contributed by atoms with Crippen LogP contribution in [0.4, 0.5) is 0 Å². The predicted octanol–water partition coefficient (Wildman–Crippen LogP) is 5.10. The fourth-order valence-corrected chi connectivity index (χ4v) is 5.21. The summed E-state index contributed by atoms with van der Waals surface area (Å²) in [6.45, 7) is 3.79. The molecular weight excluding hydrogens is 462 g/mol. The molecule has 4 N–H and O–H groups in total. The molecule has 0 saturated carbocycles. The number of H-pyrrole nitrogens is 2. The van der Waals surface area contributed by atoms with E-state index in [1.807, 2.05) is 24.4 Å². The van der Waals surface area contributed by atoms with Crippen LogP contribution >= 0.6 is 11.6 Å². The lowest BCUT2D eigenvalue weighted by atomic mass is 10.0. The van der Waals surface area contributed by atoms with E-state index in [0.717, 1.165) is 54.1 Å². The lowest BCUT2D eigenvalue weighted by Crippen LogP contribution is -2.29. The second-order valence-electron chi connectivity index (χ2n) is 9.07. The third-order valence-corrected chi connectivity index (χ3v) is 7.13. The van der Waals surface area contributed by atoms with Crippen molar-refractivity contribution in [3.05, 3.63) is 93.4 Å². The number of nitrogens with zero attached hydrogens (tertiary/aromatic N) is 2. The molecule has 35 heavy (non-hydrogen) atoms. The van der Waals surface area contributed by atoms with Crippen LogP contribution in [0.25, 0.3) is 17.0 Å². The summed E-state index contributed by atoms with van der Waals surface area (Å²) in [6, 6.07) is 12.6. The predicted molar refractivity (Wildman–Crippen MR) is 137 cm³/mol. The highest BCUT2D eigenvalue weighted by Crippen LogP contribution is 2.38. The Morgan fingerprint density at radius 2 is 2.17 bits per heavy atom. The summed E-state index contributed by atoms with van der Waals surface area (Å²) in [4.78, 5) is 17.2. The van der Waals surface area contributed by atoms with Crippen molar-refractivity contribution in [2.45, 2.75) is 38.8 Å². The van der Waals surface area contributed by atoms with Gasteiger partial charge in [-0.3, -0.25) is 20.0 Å². The number of carbonyl (C=O) groups is 1. The zero-order chi connectivity index (χ0) is 24.4. The van der Waals surface area contributed by atoms with Crippen LogP contribution in [0.2, 0.25) is 5.02 Å². The quantitative estimate of drug-likeness (QED) is 0.157. The van der Waals surface area contributed by atoms with Crippen molar-refractivity contribution in [2.75, 3.05) is 6.54 Å². The third kappa shape index (κ3) is 5.03. The number of rotatable bonds is 8. The summed E-state index contributed by atoms with van der Waals surface area (Å²) in [7, 11) is 0. The van der Waals surface area contributed by atoms with Gasteiger partial charge in [-0.05, 0) is 66.6 Å². The Balaban J connectivity index is 1.39. The molecule has 0 saturated heterocycles. The van der Waals surface area contributed by atoms with Gasteiger partial charge < -0.3 is 4.98 Å². The Labute approximate surface area is 208 Å². The number of halogens is 1. The SMILES string of the molecule is Cc1[nH]ncc1CN(CCc1c[nH]c2cc(Cl)ccc12)C1CCc2cc(C=CC(=O)NO)ccc21. The minimum Gasteiger partial charge on any atom is -0.361 e. The van der Waals surface area contributed by atoms with Gasteiger partial charge in [0.15, 0.2) is 0 Å². The maximum Gasteiger partial charge on any atom is 0.267 e. The van der Waals surface area contributed by atoms with E-state index in [2.05, 4.69) is 51.4 Å². The molecule has 5 rings (SSSR count). The second kappa shape index (κ2) is 10.1. The van der Waals surface area contributed by atoms with Crippen LogP contribution in [0.3, 0.4) is 0 Å². The first-order valence-corrected chi connectivity index (χ1v) is 12.1. The maximum atomic E-state index is 11.3. The molecule has 2 aromatic heterocycles. The van der Waals surface area contributed by atoms with E-state index in [0.29, 0.717) is 6.04 Å². The Morgan fingerprint density at radius 1 is 1.29 bits per heavy atom. The average molecular weight is 490 g/mol. The highest BCUT2D eigenvalue weighted by atomic mass is 35.5. The van der Waals surface area contributed by atoms with Gasteiger partial charge in [-0.2, -0.15) is 5.10 Å². The van der Waals surface area contributed by atoms with Crippen LogP contribution < -0.4 is 5.48 Å². The number of carbonyl (C=O) groups excluding carboxylic acids is 1. The van der Waals surface area contributed by atoms with E-state index in [1.54, 1.807) is 11.6 Å². The van der Waals surface area contributed by atoms with Gasteiger partial charge in [-0.1, -0.05) is 35.9 Å². The van der Waals surface area contributed by atoms with Gasteiger partial charge in [0.25, 0.3) is 5.91 Å². The second-order valence-corrected chi connectivity index (χ2v) is 9.50. The molecule has 2 aromatic carbocycles. The van der Waals surface area contributed by atoms with E-state index in [-0.39, 0.29) is 0 Å². The Morgan fingerprint density at radius 3 is 2.97 bits per heavy atom. The molecule has 7 nitrogen and oxygen atoms in total. The number of aromatic nitrogens is 3. The summed E-state index contributed by atoms with van der Waals surface area (Å²) in [6.07, 6.45) is 10.0. The van der Waals surface area contributed by atoms with Gasteiger partial charge in [0.1, 0.15) is 0 Å². The molecule has 2 heterocycles. The first kappa shape index (κ1) is 23.4. The van der Waals surface area contributed by atoms with E-state index < -0.39 is 5.91 Å². The van der Waals surface area contributed by atoms with Crippen molar-refractivity contribution in [3.8, 4) is 0 Å². The molecule has 0 bridgehead atoms. The van der Waals surface area contributed by atoms with Crippen molar-refractivity contribution < 1.29 is 10.0 Å². The monoisotopic (exact) mass is 489 g/mol. The van der Waals surface area contributed by atoms with E-state index >= 15 is 0 Å². The molecule has 0 fully saturated rings. The van der Waals surface area contributed by atoms with Crippen LogP contribution in [0, 0.1) is 6.92 Å². The summed E-state index contributed by atoms with van der Waals surface area (Å²) in [5.41, 5.74) is 9.86. The molecule has 0 radical (unpaired) electrons. The fraction of sp³-hybridized carbons (Fsp3) is 0.259. The van der Waals surface area contributed by atoms with Crippen LogP contribution in [-0.4, -0.2) is 37.7 Å². The number of amides is 1. The summed E-state index contributed by atoms with van der Waals surface area (Å²) >= 11 is 6.17. The van der Waals surface area contributed by atoms with Crippen molar-refractivity contribution in [1.82, 2.24) is 25.6 Å². The van der Waals surface area contributed by atoms with Gasteiger partial charge in [0.2, 0.25) is 0 Å². The van der Waals surface area contributed by atoms with E-state index in [4.69, 9.17) is 16.8 Å². The number of aryl methyl sites for hydroxylation is 2. The number of fused-ring (bicyclic) bond motifs is 2. The lowest BCUT2D eigenvalue weighted by Gasteiger charge is -2.29. The molecule has 0 spiro atoms. The molecule has 8 heteroatoms. The molecule has 1 amide bonds. The van der Waals surface area contributed by atoms with Gasteiger partial charge >= 0.3 is 0 Å². The molecular formula is C27H28ClN5O2. The van der Waals surface area contributed by atoms with Crippen LogP contribution in [-0.2, 0) is 24.2 Å². The smallest absolute Gasteiger partial charge is 0.267 e. The van der Waals surface area contributed by atoms with Gasteiger partial charge in [0.05, 0.1) is 6.20 Å². The number of aromatic amines is 2. The lowest BCUT2D eigenvalue weighted by molar-refractivity contribution is -0.124. The Bertz CT molecular complexity index is 1390. The molecule has 0 aliphatic heterocycles. The third-order valence-electron chi connectivity index (χ3n) is 6.90. The van der Waals surface area contributed by atoms with Crippen LogP contribution in [0.1, 0.15) is 46.0 Å². The summed E-state index contributed by atoms with van der Waals surface area (Å²) < 4.78 is 0. The highest BCUT2D eigenvalue weighted by Gasteiger charge is 2.28. The van der Waals surface area contributed by atoms with Gasteiger partial charge in [0, 0.05) is 58.6 Å². The molecule has 1 aliphatic rings. The van der Waals surface area contributed by atoms with Crippen molar-refractivity contribution >= 4 is 34.5 Å². The molecule has 1 atom stereocenters. The molecule has 1 unspecified atom stereocenters. The average Bonchev–Trinajstić information content (AvgIpc) is 3.58. The van der Waals surface area contributed by atoms with Crippen molar-refractivity contribution in [1.29, 1.82) is 0 Å². The topological polar surface area (TPSA) is 97.0 Å². The molecule has 4 aromatic rings. The number of hydrogen-bond donors (Lipinski definition) is 4. The molecule has 1 aliphatic carbocycles. The Hall–Kier alpha value is -3.39. The minimum absolute atomic E-state index is 0.303. The van der Waals surface area contributed by atoms with Gasteiger partial charge in [-0.25, -0.2) is 5.48 Å². The van der Waals surface area contributed by atoms with Gasteiger partial charge in [-0.15, -0.1) is 0 Å².